The van der Waals surface area contributed by atoms with E-state index in [0.29, 0.717) is 5.56 Å². The van der Waals surface area contributed by atoms with Gasteiger partial charge in [0.1, 0.15) is 17.5 Å². The van der Waals surface area contributed by atoms with E-state index in [1.807, 2.05) is 0 Å². The van der Waals surface area contributed by atoms with Crippen molar-refractivity contribution < 1.29 is 4.39 Å². The van der Waals surface area contributed by atoms with Gasteiger partial charge in [0.05, 0.1) is 12.3 Å². The molecule has 6 heteroatoms. The first kappa shape index (κ1) is 13.7. The molecule has 0 aliphatic carbocycles. The predicted molar refractivity (Wildman–Crippen MR) is 70.3 cm³/mol. The molecule has 18 heavy (non-hydrogen) atoms. The Kier molecular flexibility index (Phi) is 4.42. The zero-order chi connectivity index (χ0) is 13.7. The zero-order valence-corrected chi connectivity index (χ0v) is 10.2. The molecule has 0 atom stereocenters. The van der Waals surface area contributed by atoms with Crippen molar-refractivity contribution in [1.82, 2.24) is 5.01 Å². The molecule has 0 spiro atoms. The second-order valence-corrected chi connectivity index (χ2v) is 3.74. The standard InChI is InChI=1S/C12H16FN5/c1-8(12(15)16)17-18(9(2)14)7-10-5-3-4-6-11(10)13/h3-6H,2,7,14H2,1H3,(H3,15,16)/b17-8+. The van der Waals surface area contributed by atoms with Crippen LogP contribution in [-0.4, -0.2) is 16.6 Å². The van der Waals surface area contributed by atoms with E-state index in [0.717, 1.165) is 0 Å². The average molecular weight is 249 g/mol. The Morgan fingerprint density at radius 2 is 2.06 bits per heavy atom. The predicted octanol–water partition coefficient (Wildman–Crippen LogP) is 1.37. The zero-order valence-electron chi connectivity index (χ0n) is 10.2. The van der Waals surface area contributed by atoms with Gasteiger partial charge in [0.2, 0.25) is 0 Å². The van der Waals surface area contributed by atoms with Crippen LogP contribution in [-0.2, 0) is 6.54 Å². The Morgan fingerprint density at radius 1 is 1.44 bits per heavy atom. The van der Waals surface area contributed by atoms with Crippen molar-refractivity contribution in [2.45, 2.75) is 13.5 Å². The Labute approximate surface area is 105 Å². The van der Waals surface area contributed by atoms with Gasteiger partial charge in [0.25, 0.3) is 0 Å². The van der Waals surface area contributed by atoms with E-state index < -0.39 is 0 Å². The summed E-state index contributed by atoms with van der Waals surface area (Å²) in [7, 11) is 0. The number of hydrogen-bond donors (Lipinski definition) is 3. The number of amidine groups is 1. The van der Waals surface area contributed by atoms with Gasteiger partial charge in [-0.05, 0) is 13.0 Å². The van der Waals surface area contributed by atoms with Crippen LogP contribution in [0.5, 0.6) is 0 Å². The number of rotatable bonds is 5. The van der Waals surface area contributed by atoms with Gasteiger partial charge in [0.15, 0.2) is 0 Å². The lowest BCUT2D eigenvalue weighted by molar-refractivity contribution is 0.348. The number of benzene rings is 1. The summed E-state index contributed by atoms with van der Waals surface area (Å²) in [5.41, 5.74) is 11.6. The molecule has 1 rings (SSSR count). The van der Waals surface area contributed by atoms with E-state index in [4.69, 9.17) is 16.9 Å². The van der Waals surface area contributed by atoms with Crippen LogP contribution in [0.1, 0.15) is 12.5 Å². The summed E-state index contributed by atoms with van der Waals surface area (Å²) in [6.07, 6.45) is 0. The maximum atomic E-state index is 13.5. The molecule has 5 nitrogen and oxygen atoms in total. The molecular weight excluding hydrogens is 233 g/mol. The van der Waals surface area contributed by atoms with E-state index in [1.165, 1.54) is 11.1 Å². The molecule has 0 aliphatic rings. The summed E-state index contributed by atoms with van der Waals surface area (Å²) in [6, 6.07) is 6.31. The van der Waals surface area contributed by atoms with Gasteiger partial charge in [-0.25, -0.2) is 9.40 Å². The van der Waals surface area contributed by atoms with E-state index >= 15 is 0 Å². The number of nitrogens with one attached hydrogen (secondary N) is 1. The highest BCUT2D eigenvalue weighted by Gasteiger charge is 2.09. The molecule has 0 fully saturated rings. The first-order chi connectivity index (χ1) is 8.41. The van der Waals surface area contributed by atoms with E-state index in [-0.39, 0.29) is 29.7 Å². The minimum atomic E-state index is -0.348. The Hall–Kier alpha value is -2.37. The molecule has 0 saturated heterocycles. The fourth-order valence-electron chi connectivity index (χ4n) is 1.22. The molecule has 0 aliphatic heterocycles. The van der Waals surface area contributed by atoms with Gasteiger partial charge in [-0.1, -0.05) is 24.8 Å². The molecule has 0 radical (unpaired) electrons. The summed E-state index contributed by atoms with van der Waals surface area (Å²) in [6.45, 7) is 5.26. The highest BCUT2D eigenvalue weighted by Crippen LogP contribution is 2.12. The third-order valence-corrected chi connectivity index (χ3v) is 2.27. The maximum absolute atomic E-state index is 13.5. The van der Waals surface area contributed by atoms with Crippen molar-refractivity contribution in [3.63, 3.8) is 0 Å². The quantitative estimate of drug-likeness (QED) is 0.418. The van der Waals surface area contributed by atoms with Crippen LogP contribution in [0.15, 0.2) is 41.8 Å². The smallest absolute Gasteiger partial charge is 0.139 e. The third-order valence-electron chi connectivity index (χ3n) is 2.27. The monoisotopic (exact) mass is 249 g/mol. The SMILES string of the molecule is C=C(N)N(Cc1ccccc1F)/N=C(\C)C(=N)N. The summed E-state index contributed by atoms with van der Waals surface area (Å²) in [5.74, 6) is -0.368. The van der Waals surface area contributed by atoms with Crippen LogP contribution in [0.4, 0.5) is 4.39 Å². The minimum absolute atomic E-state index is 0.132. The van der Waals surface area contributed by atoms with Crippen molar-refractivity contribution in [3.8, 4) is 0 Å². The van der Waals surface area contributed by atoms with Gasteiger partial charge >= 0.3 is 0 Å². The average Bonchev–Trinajstić information content (AvgIpc) is 2.30. The van der Waals surface area contributed by atoms with Crippen LogP contribution in [0.2, 0.25) is 0 Å². The number of nitrogens with zero attached hydrogens (tertiary/aromatic N) is 2. The van der Waals surface area contributed by atoms with Crippen molar-refractivity contribution in [1.29, 1.82) is 5.41 Å². The molecule has 0 saturated carbocycles. The molecule has 0 aromatic heterocycles. The third kappa shape index (κ3) is 3.58. The fourth-order valence-corrected chi connectivity index (χ4v) is 1.22. The fraction of sp³-hybridized carbons (Fsp3) is 0.167. The van der Waals surface area contributed by atoms with E-state index in [1.54, 1.807) is 25.1 Å². The van der Waals surface area contributed by atoms with Gasteiger partial charge < -0.3 is 11.5 Å². The molecule has 1 aromatic rings. The van der Waals surface area contributed by atoms with Gasteiger partial charge in [-0.3, -0.25) is 5.41 Å². The van der Waals surface area contributed by atoms with E-state index in [2.05, 4.69) is 11.7 Å². The second-order valence-electron chi connectivity index (χ2n) is 3.74. The topological polar surface area (TPSA) is 91.5 Å². The highest BCUT2D eigenvalue weighted by molar-refractivity contribution is 6.38. The van der Waals surface area contributed by atoms with Crippen molar-refractivity contribution in [2.75, 3.05) is 0 Å². The molecule has 96 valence electrons. The van der Waals surface area contributed by atoms with Gasteiger partial charge in [-0.2, -0.15) is 5.10 Å². The molecule has 0 heterocycles. The van der Waals surface area contributed by atoms with Crippen molar-refractivity contribution in [3.05, 3.63) is 48.0 Å². The van der Waals surface area contributed by atoms with Crippen LogP contribution in [0.3, 0.4) is 0 Å². The van der Waals surface area contributed by atoms with Crippen LogP contribution in [0.25, 0.3) is 0 Å². The first-order valence-electron chi connectivity index (χ1n) is 5.26. The lowest BCUT2D eigenvalue weighted by atomic mass is 10.2. The minimum Gasteiger partial charge on any atom is -0.384 e. The molecule has 0 unspecified atom stereocenters. The van der Waals surface area contributed by atoms with Gasteiger partial charge in [-0.15, -0.1) is 0 Å². The normalized spacial score (nSPS) is 11.1. The van der Waals surface area contributed by atoms with Crippen molar-refractivity contribution in [2.24, 2.45) is 16.6 Å². The number of hydrogen-bond acceptors (Lipinski definition) is 4. The molecule has 0 bridgehead atoms. The summed E-state index contributed by atoms with van der Waals surface area (Å²) in [4.78, 5) is 0. The summed E-state index contributed by atoms with van der Waals surface area (Å²) >= 11 is 0. The molecule has 5 N–H and O–H groups in total. The van der Waals surface area contributed by atoms with E-state index in [9.17, 15) is 4.39 Å². The lowest BCUT2D eigenvalue weighted by Gasteiger charge is -2.19. The number of halogens is 1. The van der Waals surface area contributed by atoms with Crippen molar-refractivity contribution >= 4 is 11.5 Å². The van der Waals surface area contributed by atoms with Crippen LogP contribution < -0.4 is 11.5 Å². The van der Waals surface area contributed by atoms with Crippen LogP contribution in [0, 0.1) is 11.2 Å². The molecule has 1 aromatic carbocycles. The molecule has 0 amide bonds. The largest absolute Gasteiger partial charge is 0.384 e. The Balaban J connectivity index is 2.96. The van der Waals surface area contributed by atoms with Gasteiger partial charge in [0, 0.05) is 5.56 Å². The Bertz CT molecular complexity index is 495. The number of nitrogens with two attached hydrogens (primary N) is 2. The maximum Gasteiger partial charge on any atom is 0.139 e. The molecular formula is C12H16FN5. The summed E-state index contributed by atoms with van der Waals surface area (Å²) in [5, 5.41) is 12.6. The Morgan fingerprint density at radius 3 is 2.56 bits per heavy atom. The highest BCUT2D eigenvalue weighted by atomic mass is 19.1. The summed E-state index contributed by atoms with van der Waals surface area (Å²) < 4.78 is 13.5. The van der Waals surface area contributed by atoms with Crippen LogP contribution >= 0.6 is 0 Å². The second kappa shape index (κ2) is 5.81. The number of hydrazone groups is 1. The lowest BCUT2D eigenvalue weighted by Crippen LogP contribution is -2.27. The first-order valence-corrected chi connectivity index (χ1v) is 5.26.